The zero-order chi connectivity index (χ0) is 30.6. The quantitative estimate of drug-likeness (QED) is 0.194. The van der Waals surface area contributed by atoms with Crippen LogP contribution in [0.3, 0.4) is 0 Å². The van der Waals surface area contributed by atoms with Crippen LogP contribution in [-0.4, -0.2) is 70.8 Å². The molecule has 4 aromatic rings. The number of carbonyl (C=O) groups is 2. The minimum absolute atomic E-state index is 0.00707. The maximum Gasteiger partial charge on any atom is 0.211 e. The molecule has 9 heteroatoms. The van der Waals surface area contributed by atoms with Crippen molar-refractivity contribution in [2.24, 2.45) is 0 Å². The van der Waals surface area contributed by atoms with Crippen molar-refractivity contribution in [2.75, 3.05) is 26.2 Å². The van der Waals surface area contributed by atoms with Crippen LogP contribution in [0.15, 0.2) is 95.3 Å². The smallest absolute Gasteiger partial charge is 0.211 e. The Morgan fingerprint density at radius 2 is 1.64 bits per heavy atom. The summed E-state index contributed by atoms with van der Waals surface area (Å²) in [4.78, 5) is 29.2. The molecule has 0 radical (unpaired) electrons. The first-order valence-electron chi connectivity index (χ1n) is 15.4. The number of piperidine rings is 1. The number of likely N-dealkylation sites (tertiary alicyclic amines) is 1. The maximum atomic E-state index is 12.8. The van der Waals surface area contributed by atoms with Crippen LogP contribution in [0.2, 0.25) is 0 Å². The lowest BCUT2D eigenvalue weighted by molar-refractivity contribution is -0.131. The van der Waals surface area contributed by atoms with Crippen LogP contribution in [0.1, 0.15) is 55.7 Å². The molecule has 6 rings (SSSR count). The van der Waals surface area contributed by atoms with Gasteiger partial charge in [0.2, 0.25) is 12.8 Å². The third-order valence-electron chi connectivity index (χ3n) is 9.76. The summed E-state index contributed by atoms with van der Waals surface area (Å²) >= 11 is 0. The Labute approximate surface area is 258 Å². The second kappa shape index (κ2) is 12.6. The van der Waals surface area contributed by atoms with Crippen LogP contribution in [0.25, 0.3) is 11.0 Å². The van der Waals surface area contributed by atoms with Gasteiger partial charge in [-0.3, -0.25) is 9.59 Å². The lowest BCUT2D eigenvalue weighted by atomic mass is 9.68. The number of rotatable bonds is 11. The number of benzene rings is 3. The van der Waals surface area contributed by atoms with E-state index in [0.717, 1.165) is 56.6 Å². The first-order valence-corrected chi connectivity index (χ1v) is 15.4. The van der Waals surface area contributed by atoms with Gasteiger partial charge in [-0.25, -0.2) is 4.63 Å². The predicted molar refractivity (Wildman–Crippen MR) is 170 cm³/mol. The molecule has 3 unspecified atom stereocenters. The number of carbonyl (C=O) groups excluding carboxylic acids is 2. The maximum absolute atomic E-state index is 12.8. The van der Waals surface area contributed by atoms with Gasteiger partial charge in [0.15, 0.2) is 0 Å². The fourth-order valence-corrected chi connectivity index (χ4v) is 7.51. The monoisotopic (exact) mass is 592 g/mol. The fourth-order valence-electron chi connectivity index (χ4n) is 7.51. The van der Waals surface area contributed by atoms with E-state index >= 15 is 0 Å². The first-order chi connectivity index (χ1) is 21.5. The van der Waals surface area contributed by atoms with Crippen molar-refractivity contribution in [1.82, 2.24) is 30.7 Å². The molecule has 2 aliphatic rings. The van der Waals surface area contributed by atoms with Crippen LogP contribution in [0, 0.1) is 0 Å². The van der Waals surface area contributed by atoms with E-state index in [1.165, 1.54) is 11.1 Å². The van der Waals surface area contributed by atoms with Crippen molar-refractivity contribution in [3.63, 3.8) is 0 Å². The molecule has 0 spiro atoms. The lowest BCUT2D eigenvalue weighted by Crippen LogP contribution is -2.72. The molecule has 2 amide bonds. The highest BCUT2D eigenvalue weighted by Crippen LogP contribution is 2.42. The van der Waals surface area contributed by atoms with Gasteiger partial charge in [0.05, 0.1) is 6.04 Å². The summed E-state index contributed by atoms with van der Waals surface area (Å²) in [5, 5.41) is 14.5. The van der Waals surface area contributed by atoms with Crippen LogP contribution in [0.5, 0.6) is 0 Å². The van der Waals surface area contributed by atoms with Crippen molar-refractivity contribution < 1.29 is 14.2 Å². The van der Waals surface area contributed by atoms with Gasteiger partial charge in [0.25, 0.3) is 0 Å². The molecule has 0 aliphatic carbocycles. The molecular formula is C35H40N6O3. The second-order valence-corrected chi connectivity index (χ2v) is 12.1. The van der Waals surface area contributed by atoms with Crippen LogP contribution < -0.4 is 10.6 Å². The highest BCUT2D eigenvalue weighted by atomic mass is 16.6. The Morgan fingerprint density at radius 1 is 0.977 bits per heavy atom. The Hall–Kier alpha value is -4.50. The van der Waals surface area contributed by atoms with E-state index in [2.05, 4.69) is 92.6 Å². The number of fused-ring (bicyclic) bond motifs is 1. The van der Waals surface area contributed by atoms with Gasteiger partial charge in [-0.2, -0.15) is 0 Å². The highest BCUT2D eigenvalue weighted by Gasteiger charge is 2.50. The topological polar surface area (TPSA) is 104 Å². The minimum atomic E-state index is -1.02. The largest absolute Gasteiger partial charge is 0.382 e. The minimum Gasteiger partial charge on any atom is -0.382 e. The Bertz CT molecular complexity index is 1560. The summed E-state index contributed by atoms with van der Waals surface area (Å²) in [5.74, 6) is -0.317. The van der Waals surface area contributed by atoms with Crippen LogP contribution in [0.4, 0.5) is 0 Å². The van der Waals surface area contributed by atoms with Gasteiger partial charge in [0, 0.05) is 23.6 Å². The van der Waals surface area contributed by atoms with Gasteiger partial charge in [-0.05, 0) is 91.9 Å². The molecule has 3 atom stereocenters. The van der Waals surface area contributed by atoms with Crippen molar-refractivity contribution in [1.29, 1.82) is 0 Å². The number of aromatic nitrogens is 2. The number of hydrogen-bond acceptors (Lipinski definition) is 7. The van der Waals surface area contributed by atoms with E-state index < -0.39 is 5.66 Å². The molecular weight excluding hydrogens is 552 g/mol. The Kier molecular flexibility index (Phi) is 8.48. The zero-order valence-electron chi connectivity index (χ0n) is 25.4. The van der Waals surface area contributed by atoms with Crippen molar-refractivity contribution in [3.05, 3.63) is 107 Å². The lowest BCUT2D eigenvalue weighted by Gasteiger charge is -2.52. The molecule has 0 saturated carbocycles. The Morgan fingerprint density at radius 3 is 2.27 bits per heavy atom. The first kappa shape index (κ1) is 29.6. The molecule has 2 N–H and O–H groups in total. The SMILES string of the molecule is CC1=CC(c2ccc3nonc3c2)C(NC=O)(N(C=O)CCCN2CCC(c3ccccc3)(c3ccccc3)CC2)C(C)N1. The number of allylic oxidation sites excluding steroid dienone is 1. The van der Waals surface area contributed by atoms with Gasteiger partial charge in [-0.1, -0.05) is 72.8 Å². The van der Waals surface area contributed by atoms with E-state index in [9.17, 15) is 9.59 Å². The third-order valence-corrected chi connectivity index (χ3v) is 9.76. The molecule has 2 aliphatic heterocycles. The van der Waals surface area contributed by atoms with Gasteiger partial charge in [0.1, 0.15) is 16.7 Å². The van der Waals surface area contributed by atoms with E-state index in [1.54, 1.807) is 4.90 Å². The molecule has 1 aromatic heterocycles. The van der Waals surface area contributed by atoms with Gasteiger partial charge in [-0.15, -0.1) is 0 Å². The van der Waals surface area contributed by atoms with Crippen LogP contribution in [-0.2, 0) is 15.0 Å². The fraction of sp³-hybridized carbons (Fsp3) is 0.371. The van der Waals surface area contributed by atoms with Crippen molar-refractivity contribution in [3.8, 4) is 0 Å². The van der Waals surface area contributed by atoms with Crippen molar-refractivity contribution in [2.45, 2.75) is 56.1 Å². The molecule has 3 heterocycles. The van der Waals surface area contributed by atoms with Crippen molar-refractivity contribution >= 4 is 23.9 Å². The average Bonchev–Trinajstić information content (AvgIpc) is 3.54. The molecule has 1 fully saturated rings. The highest BCUT2D eigenvalue weighted by molar-refractivity contribution is 5.74. The molecule has 0 bridgehead atoms. The molecule has 44 heavy (non-hydrogen) atoms. The summed E-state index contributed by atoms with van der Waals surface area (Å²) in [6, 6.07) is 27.2. The molecule has 3 aromatic carbocycles. The van der Waals surface area contributed by atoms with Gasteiger partial charge < -0.3 is 20.4 Å². The van der Waals surface area contributed by atoms with E-state index in [0.29, 0.717) is 24.0 Å². The van der Waals surface area contributed by atoms with E-state index in [4.69, 9.17) is 4.63 Å². The van der Waals surface area contributed by atoms with Crippen LogP contribution >= 0.6 is 0 Å². The standard InChI is InChI=1S/C35H40N6O3/c1-26-22-31(28-14-15-32-33(23-28)39-44-38-32)35(36-24-42,27(2)37-26)41(25-43)19-9-18-40-20-16-34(17-21-40,29-10-5-3-6-11-29)30-12-7-4-8-13-30/h3-8,10-15,22-25,27,31,37H,9,16-21H2,1-2H3,(H,36,42). The number of nitrogens with zero attached hydrogens (tertiary/aromatic N) is 4. The summed E-state index contributed by atoms with van der Waals surface area (Å²) in [7, 11) is 0. The third kappa shape index (κ3) is 5.36. The summed E-state index contributed by atoms with van der Waals surface area (Å²) in [6.07, 6.45) is 6.48. The average molecular weight is 593 g/mol. The summed E-state index contributed by atoms with van der Waals surface area (Å²) in [6.45, 7) is 7.29. The summed E-state index contributed by atoms with van der Waals surface area (Å²) < 4.78 is 4.92. The zero-order valence-corrected chi connectivity index (χ0v) is 25.4. The molecule has 9 nitrogen and oxygen atoms in total. The molecule has 1 saturated heterocycles. The van der Waals surface area contributed by atoms with E-state index in [1.807, 2.05) is 32.0 Å². The van der Waals surface area contributed by atoms with Gasteiger partial charge >= 0.3 is 0 Å². The second-order valence-electron chi connectivity index (χ2n) is 12.1. The Balaban J connectivity index is 1.19. The number of amides is 2. The normalized spacial score (nSPS) is 23.4. The summed E-state index contributed by atoms with van der Waals surface area (Å²) in [5.41, 5.74) is 4.88. The number of nitrogens with one attached hydrogen (secondary N) is 2. The predicted octanol–water partition coefficient (Wildman–Crippen LogP) is 4.57. The molecule has 228 valence electrons. The number of hydrogen-bond donors (Lipinski definition) is 2. The van der Waals surface area contributed by atoms with E-state index in [-0.39, 0.29) is 17.4 Å².